The van der Waals surface area contributed by atoms with Crippen LogP contribution in [0.4, 0.5) is 0 Å². The molecule has 0 aliphatic carbocycles. The van der Waals surface area contributed by atoms with Gasteiger partial charge < -0.3 is 0 Å². The first-order chi connectivity index (χ1) is 4.70. The van der Waals surface area contributed by atoms with Crippen LogP contribution in [0, 0.1) is 0 Å². The van der Waals surface area contributed by atoms with Gasteiger partial charge in [-0.15, -0.1) is 13.2 Å². The summed E-state index contributed by atoms with van der Waals surface area (Å²) in [6.45, 7) is 7.50. The zero-order valence-corrected chi connectivity index (χ0v) is 12.2. The smallest absolute Gasteiger partial charge is 0.0252 e. The third-order valence-corrected chi connectivity index (χ3v) is 8.69. The summed E-state index contributed by atoms with van der Waals surface area (Å²) in [5, 5.41) is 0. The maximum Gasteiger partial charge on any atom is 0.0252 e. The first-order valence-electron chi connectivity index (χ1n) is 3.28. The largest absolute Gasteiger partial charge is 0.102 e. The van der Waals surface area contributed by atoms with E-state index in [1.807, 2.05) is 33.7 Å². The second-order valence-electron chi connectivity index (χ2n) is 2.07. The molecule has 0 spiro atoms. The van der Waals surface area contributed by atoms with Crippen molar-refractivity contribution in [3.05, 3.63) is 25.3 Å². The average molecular weight is 206 g/mol. The van der Waals surface area contributed by atoms with Crippen molar-refractivity contribution >= 4 is 42.1 Å². The van der Waals surface area contributed by atoms with E-state index in [9.17, 15) is 0 Å². The lowest BCUT2D eigenvalue weighted by atomic mass is 10.7. The molecular formula is C6H14S2Si2. The molecule has 10 heavy (non-hydrogen) atoms. The molecule has 0 fully saturated rings. The highest BCUT2D eigenvalue weighted by molar-refractivity contribution is 8.77. The fourth-order valence-corrected chi connectivity index (χ4v) is 4.28. The summed E-state index contributed by atoms with van der Waals surface area (Å²) in [7, 11) is 6.27. The second-order valence-corrected chi connectivity index (χ2v) is 9.26. The van der Waals surface area contributed by atoms with E-state index in [0.29, 0.717) is 9.75 Å². The van der Waals surface area contributed by atoms with Crippen LogP contribution in [-0.4, -0.2) is 30.2 Å². The Kier molecular flexibility index (Phi) is 6.72. The summed E-state index contributed by atoms with van der Waals surface area (Å²) in [6, 6.07) is 0. The summed E-state index contributed by atoms with van der Waals surface area (Å²) < 4.78 is 0. The molecule has 0 N–H and O–H groups in total. The van der Waals surface area contributed by atoms with Gasteiger partial charge in [0.2, 0.25) is 0 Å². The fourth-order valence-electron chi connectivity index (χ4n) is 0.254. The van der Waals surface area contributed by atoms with E-state index < -0.39 is 0 Å². The Morgan fingerprint density at radius 1 is 1.00 bits per heavy atom. The predicted molar refractivity (Wildman–Crippen MR) is 63.0 cm³/mol. The quantitative estimate of drug-likeness (QED) is 0.356. The molecule has 0 rings (SSSR count). The van der Waals surface area contributed by atoms with Crippen LogP contribution in [0.25, 0.3) is 0 Å². The van der Waals surface area contributed by atoms with E-state index in [2.05, 4.69) is 13.2 Å². The minimum Gasteiger partial charge on any atom is -0.102 e. The van der Waals surface area contributed by atoms with E-state index in [1.54, 1.807) is 0 Å². The second kappa shape index (κ2) is 6.33. The monoisotopic (exact) mass is 206 g/mol. The fraction of sp³-hybridized carbons (Fsp3) is 0.333. The van der Waals surface area contributed by atoms with Crippen LogP contribution in [0.2, 0.25) is 0 Å². The van der Waals surface area contributed by atoms with Crippen LogP contribution < -0.4 is 0 Å². The highest BCUT2D eigenvalue weighted by atomic mass is 33.1. The van der Waals surface area contributed by atoms with Gasteiger partial charge in [-0.1, -0.05) is 33.7 Å². The molecule has 0 saturated carbocycles. The Bertz CT molecular complexity index is 102. The van der Waals surface area contributed by atoms with Gasteiger partial charge in [-0.3, -0.25) is 0 Å². The predicted octanol–water partition coefficient (Wildman–Crippen LogP) is 0.123. The van der Waals surface area contributed by atoms with Gasteiger partial charge in [0, 0.05) is 30.2 Å². The minimum atomic E-state index is 0.696. The van der Waals surface area contributed by atoms with E-state index in [0.717, 1.165) is 0 Å². The first-order valence-corrected chi connectivity index (χ1v) is 7.86. The van der Waals surface area contributed by atoms with Crippen molar-refractivity contribution in [1.29, 1.82) is 0 Å². The molecule has 0 aliphatic heterocycles. The standard InChI is InChI=1S/C6H14S2Si2/c1-3-5(9)7-8-6(10)4-2/h3-6H,1-2H2,9-10H3. The van der Waals surface area contributed by atoms with Gasteiger partial charge in [-0.25, -0.2) is 0 Å². The van der Waals surface area contributed by atoms with Crippen molar-refractivity contribution in [3.63, 3.8) is 0 Å². The molecule has 0 saturated heterocycles. The van der Waals surface area contributed by atoms with Crippen molar-refractivity contribution in [2.75, 3.05) is 0 Å². The molecule has 0 bridgehead atoms. The van der Waals surface area contributed by atoms with E-state index >= 15 is 0 Å². The number of hydrogen-bond acceptors (Lipinski definition) is 2. The number of hydrogen-bond donors (Lipinski definition) is 0. The van der Waals surface area contributed by atoms with Crippen molar-refractivity contribution in [2.24, 2.45) is 0 Å². The lowest BCUT2D eigenvalue weighted by Crippen LogP contribution is -1.97. The van der Waals surface area contributed by atoms with E-state index in [-0.39, 0.29) is 0 Å². The summed E-state index contributed by atoms with van der Waals surface area (Å²) in [4.78, 5) is 1.39. The third kappa shape index (κ3) is 5.40. The molecule has 0 nitrogen and oxygen atoms in total. The topological polar surface area (TPSA) is 0 Å². The van der Waals surface area contributed by atoms with Crippen LogP contribution in [0.3, 0.4) is 0 Å². The van der Waals surface area contributed by atoms with Crippen molar-refractivity contribution in [1.82, 2.24) is 0 Å². The van der Waals surface area contributed by atoms with Crippen molar-refractivity contribution in [2.45, 2.75) is 9.75 Å². The lowest BCUT2D eigenvalue weighted by molar-refractivity contribution is 1.66. The normalized spacial score (nSPS) is 16.4. The van der Waals surface area contributed by atoms with Crippen LogP contribution in [-0.2, 0) is 0 Å². The molecular weight excluding hydrogens is 192 g/mol. The van der Waals surface area contributed by atoms with E-state index in [4.69, 9.17) is 0 Å². The number of rotatable bonds is 5. The summed E-state index contributed by atoms with van der Waals surface area (Å²) in [6.07, 6.45) is 4.06. The zero-order valence-electron chi connectivity index (χ0n) is 6.54. The van der Waals surface area contributed by atoms with Crippen LogP contribution in [0.15, 0.2) is 25.3 Å². The molecule has 2 atom stereocenters. The Labute approximate surface area is 77.2 Å². The zero-order chi connectivity index (χ0) is 7.98. The van der Waals surface area contributed by atoms with Gasteiger partial charge in [0.15, 0.2) is 0 Å². The van der Waals surface area contributed by atoms with Crippen LogP contribution in [0.5, 0.6) is 0 Å². The van der Waals surface area contributed by atoms with Crippen molar-refractivity contribution in [3.8, 4) is 0 Å². The maximum absolute atomic E-state index is 3.75. The molecule has 2 unspecified atom stereocenters. The molecule has 0 amide bonds. The minimum absolute atomic E-state index is 0.696. The van der Waals surface area contributed by atoms with Gasteiger partial charge in [-0.05, 0) is 0 Å². The average Bonchev–Trinajstić information content (AvgIpc) is 1.99. The van der Waals surface area contributed by atoms with Gasteiger partial charge in [0.1, 0.15) is 0 Å². The summed E-state index contributed by atoms with van der Waals surface area (Å²) in [5.41, 5.74) is 0. The third-order valence-electron chi connectivity index (χ3n) is 1.02. The Balaban J connectivity index is 3.34. The molecule has 0 aromatic carbocycles. The van der Waals surface area contributed by atoms with Crippen LogP contribution in [0.1, 0.15) is 0 Å². The lowest BCUT2D eigenvalue weighted by Gasteiger charge is -2.06. The van der Waals surface area contributed by atoms with Gasteiger partial charge in [0.05, 0.1) is 0 Å². The van der Waals surface area contributed by atoms with Gasteiger partial charge in [0.25, 0.3) is 0 Å². The Morgan fingerprint density at radius 2 is 1.30 bits per heavy atom. The highest BCUT2D eigenvalue weighted by Gasteiger charge is 2.00. The maximum atomic E-state index is 3.75. The molecule has 4 heteroatoms. The highest BCUT2D eigenvalue weighted by Crippen LogP contribution is 2.28. The molecule has 0 heterocycles. The molecule has 0 aliphatic rings. The summed E-state index contributed by atoms with van der Waals surface area (Å²) >= 11 is 0. The summed E-state index contributed by atoms with van der Waals surface area (Å²) in [5.74, 6) is 0. The van der Waals surface area contributed by atoms with E-state index in [1.165, 1.54) is 20.5 Å². The molecule has 0 aromatic heterocycles. The molecule has 58 valence electrons. The first kappa shape index (κ1) is 10.6. The Morgan fingerprint density at radius 3 is 1.50 bits per heavy atom. The van der Waals surface area contributed by atoms with Crippen LogP contribution >= 0.6 is 21.6 Å². The molecule has 0 radical (unpaired) electrons. The van der Waals surface area contributed by atoms with Gasteiger partial charge in [-0.2, -0.15) is 0 Å². The SMILES string of the molecule is C=CC([SiH3])SSC([SiH3])C=C. The van der Waals surface area contributed by atoms with Gasteiger partial charge >= 0.3 is 0 Å². The van der Waals surface area contributed by atoms with Crippen molar-refractivity contribution < 1.29 is 0 Å². The Hall–Kier alpha value is 0.614. The molecule has 0 aromatic rings.